The largest absolute Gasteiger partial charge is 0.487 e. The Kier molecular flexibility index (Phi) is 6.89. The van der Waals surface area contributed by atoms with Crippen LogP contribution < -0.4 is 14.8 Å². The van der Waals surface area contributed by atoms with Gasteiger partial charge in [-0.25, -0.2) is 4.98 Å². The van der Waals surface area contributed by atoms with Crippen molar-refractivity contribution in [3.05, 3.63) is 126 Å². The molecule has 0 saturated heterocycles. The predicted octanol–water partition coefficient (Wildman–Crippen LogP) is 5.13. The molecule has 0 spiro atoms. The minimum atomic E-state index is -0.155. The lowest BCUT2D eigenvalue weighted by Crippen LogP contribution is -2.22. The van der Waals surface area contributed by atoms with E-state index in [0.29, 0.717) is 31.1 Å². The lowest BCUT2D eigenvalue weighted by molar-refractivity contribution is 0.0951. The minimum Gasteiger partial charge on any atom is -0.487 e. The third-order valence-corrected chi connectivity index (χ3v) is 5.70. The van der Waals surface area contributed by atoms with Crippen LogP contribution in [0, 0.1) is 6.92 Å². The van der Waals surface area contributed by atoms with Crippen LogP contribution in [0.2, 0.25) is 0 Å². The molecule has 7 heteroatoms. The molecule has 0 atom stereocenters. The molecule has 0 fully saturated rings. The molecule has 3 aromatic heterocycles. The highest BCUT2D eigenvalue weighted by Gasteiger charge is 2.08. The van der Waals surface area contributed by atoms with E-state index in [1.807, 2.05) is 78.3 Å². The fourth-order valence-electron chi connectivity index (χ4n) is 3.80. The molecule has 36 heavy (non-hydrogen) atoms. The first-order valence-electron chi connectivity index (χ1n) is 11.7. The van der Waals surface area contributed by atoms with Crippen LogP contribution in [0.15, 0.2) is 97.5 Å². The number of fused-ring (bicyclic) bond motifs is 1. The number of aryl methyl sites for hydroxylation is 1. The van der Waals surface area contributed by atoms with Gasteiger partial charge in [-0.2, -0.15) is 0 Å². The van der Waals surface area contributed by atoms with Crippen LogP contribution in [0.3, 0.4) is 0 Å². The summed E-state index contributed by atoms with van der Waals surface area (Å²) in [6.07, 6.45) is 5.67. The number of hydrogen-bond acceptors (Lipinski definition) is 5. The minimum absolute atomic E-state index is 0.155. The Morgan fingerprint density at radius 3 is 2.53 bits per heavy atom. The van der Waals surface area contributed by atoms with Crippen molar-refractivity contribution in [1.82, 2.24) is 19.7 Å². The highest BCUT2D eigenvalue weighted by Crippen LogP contribution is 2.17. The molecule has 0 radical (unpaired) electrons. The maximum atomic E-state index is 12.6. The normalized spacial score (nSPS) is 10.8. The van der Waals surface area contributed by atoms with E-state index in [9.17, 15) is 4.79 Å². The molecule has 0 saturated carbocycles. The zero-order chi connectivity index (χ0) is 24.7. The molecule has 1 N–H and O–H groups in total. The van der Waals surface area contributed by atoms with Gasteiger partial charge in [-0.05, 0) is 72.6 Å². The van der Waals surface area contributed by atoms with Crippen molar-refractivity contribution in [3.63, 3.8) is 0 Å². The first-order valence-corrected chi connectivity index (χ1v) is 11.7. The average Bonchev–Trinajstić information content (AvgIpc) is 3.35. The monoisotopic (exact) mass is 478 g/mol. The van der Waals surface area contributed by atoms with E-state index in [1.54, 1.807) is 30.5 Å². The summed E-state index contributed by atoms with van der Waals surface area (Å²) in [6.45, 7) is 3.17. The molecular formula is C29H26N4O3. The van der Waals surface area contributed by atoms with Crippen LogP contribution in [-0.4, -0.2) is 20.3 Å². The molecular weight excluding hydrogens is 452 g/mol. The van der Waals surface area contributed by atoms with E-state index in [4.69, 9.17) is 9.47 Å². The molecule has 3 heterocycles. The standard InChI is InChI=1S/C29H26N4O3/c1-21-6-5-15-33-18-25(32-28(21)33)20-35-26-12-10-23(11-13-26)29(34)31-17-22-7-4-9-27(16-22)36-19-24-8-2-3-14-30-24/h2-16,18H,17,19-20H2,1H3,(H,31,34). The lowest BCUT2D eigenvalue weighted by atomic mass is 10.2. The SMILES string of the molecule is Cc1cccn2cc(COc3ccc(C(=O)NCc4cccc(OCc5ccccn5)c4)cc3)nc12. The van der Waals surface area contributed by atoms with Gasteiger partial charge in [-0.3, -0.25) is 9.78 Å². The van der Waals surface area contributed by atoms with Gasteiger partial charge in [0.2, 0.25) is 0 Å². The molecule has 0 bridgehead atoms. The van der Waals surface area contributed by atoms with Gasteiger partial charge in [-0.1, -0.05) is 24.3 Å². The molecule has 2 aromatic carbocycles. The number of imidazole rings is 1. The molecule has 0 aliphatic heterocycles. The van der Waals surface area contributed by atoms with Crippen molar-refractivity contribution in [2.24, 2.45) is 0 Å². The second kappa shape index (κ2) is 10.7. The van der Waals surface area contributed by atoms with Crippen molar-refractivity contribution < 1.29 is 14.3 Å². The van der Waals surface area contributed by atoms with Gasteiger partial charge in [0.1, 0.15) is 30.4 Å². The third-order valence-electron chi connectivity index (χ3n) is 5.70. The Hall–Kier alpha value is -4.65. The maximum absolute atomic E-state index is 12.6. The van der Waals surface area contributed by atoms with Gasteiger partial charge in [0.25, 0.3) is 5.91 Å². The summed E-state index contributed by atoms with van der Waals surface area (Å²) in [6, 6.07) is 24.5. The number of carbonyl (C=O) groups excluding carboxylic acids is 1. The summed E-state index contributed by atoms with van der Waals surface area (Å²) in [5.74, 6) is 1.25. The fraction of sp³-hybridized carbons (Fsp3) is 0.138. The van der Waals surface area contributed by atoms with Crippen molar-refractivity contribution >= 4 is 11.6 Å². The summed E-state index contributed by atoms with van der Waals surface area (Å²) < 4.78 is 13.7. The van der Waals surface area contributed by atoms with Crippen LogP contribution in [0.4, 0.5) is 0 Å². The molecule has 1 amide bonds. The van der Waals surface area contributed by atoms with Crippen LogP contribution in [0.25, 0.3) is 5.65 Å². The topological polar surface area (TPSA) is 77.8 Å². The van der Waals surface area contributed by atoms with Gasteiger partial charge >= 0.3 is 0 Å². The molecule has 5 aromatic rings. The Morgan fingerprint density at radius 2 is 1.72 bits per heavy atom. The van der Waals surface area contributed by atoms with E-state index in [1.165, 1.54) is 0 Å². The van der Waals surface area contributed by atoms with Crippen LogP contribution >= 0.6 is 0 Å². The van der Waals surface area contributed by atoms with Crippen LogP contribution in [0.5, 0.6) is 11.5 Å². The summed E-state index contributed by atoms with van der Waals surface area (Å²) in [5.41, 5.74) is 5.25. The average molecular weight is 479 g/mol. The summed E-state index contributed by atoms with van der Waals surface area (Å²) >= 11 is 0. The Labute approximate surface area is 209 Å². The Morgan fingerprint density at radius 1 is 0.889 bits per heavy atom. The first kappa shape index (κ1) is 23.1. The van der Waals surface area contributed by atoms with E-state index in [-0.39, 0.29) is 5.91 Å². The highest BCUT2D eigenvalue weighted by molar-refractivity contribution is 5.94. The third kappa shape index (κ3) is 5.70. The van der Waals surface area contributed by atoms with Crippen LogP contribution in [0.1, 0.15) is 32.9 Å². The number of aromatic nitrogens is 3. The Balaban J connectivity index is 1.12. The number of benzene rings is 2. The van der Waals surface area contributed by atoms with E-state index in [0.717, 1.165) is 33.9 Å². The fourth-order valence-corrected chi connectivity index (χ4v) is 3.80. The number of ether oxygens (including phenoxy) is 2. The number of pyridine rings is 2. The number of hydrogen-bond donors (Lipinski definition) is 1. The molecule has 0 aliphatic carbocycles. The van der Waals surface area contributed by atoms with E-state index in [2.05, 4.69) is 15.3 Å². The molecule has 7 nitrogen and oxygen atoms in total. The maximum Gasteiger partial charge on any atom is 0.251 e. The van der Waals surface area contributed by atoms with Gasteiger partial charge in [0.05, 0.1) is 11.4 Å². The van der Waals surface area contributed by atoms with Crippen molar-refractivity contribution in [2.45, 2.75) is 26.7 Å². The number of amides is 1. The van der Waals surface area contributed by atoms with Gasteiger partial charge in [0, 0.05) is 30.7 Å². The van der Waals surface area contributed by atoms with Gasteiger partial charge in [0.15, 0.2) is 0 Å². The summed E-state index contributed by atoms with van der Waals surface area (Å²) in [7, 11) is 0. The predicted molar refractivity (Wildman–Crippen MR) is 137 cm³/mol. The first-order chi connectivity index (χ1) is 17.6. The quantitative estimate of drug-likeness (QED) is 0.318. The Bertz CT molecular complexity index is 1460. The molecule has 0 aliphatic rings. The number of carbonyl (C=O) groups is 1. The number of rotatable bonds is 9. The summed E-state index contributed by atoms with van der Waals surface area (Å²) in [4.78, 5) is 21.5. The second-order valence-corrected chi connectivity index (χ2v) is 8.41. The zero-order valence-electron chi connectivity index (χ0n) is 19.9. The van der Waals surface area contributed by atoms with Crippen molar-refractivity contribution in [3.8, 4) is 11.5 Å². The van der Waals surface area contributed by atoms with Gasteiger partial charge < -0.3 is 19.2 Å². The molecule has 180 valence electrons. The number of nitrogens with one attached hydrogen (secondary N) is 1. The molecule has 0 unspecified atom stereocenters. The summed E-state index contributed by atoms with van der Waals surface area (Å²) in [5, 5.41) is 2.95. The van der Waals surface area contributed by atoms with Crippen molar-refractivity contribution in [1.29, 1.82) is 0 Å². The lowest BCUT2D eigenvalue weighted by Gasteiger charge is -2.09. The van der Waals surface area contributed by atoms with E-state index < -0.39 is 0 Å². The smallest absolute Gasteiger partial charge is 0.251 e. The number of nitrogens with zero attached hydrogens (tertiary/aromatic N) is 3. The van der Waals surface area contributed by atoms with Gasteiger partial charge in [-0.15, -0.1) is 0 Å². The second-order valence-electron chi connectivity index (χ2n) is 8.41. The van der Waals surface area contributed by atoms with E-state index >= 15 is 0 Å². The molecule has 5 rings (SSSR count). The van der Waals surface area contributed by atoms with Crippen LogP contribution in [-0.2, 0) is 19.8 Å². The van der Waals surface area contributed by atoms with Crippen molar-refractivity contribution in [2.75, 3.05) is 0 Å². The zero-order valence-corrected chi connectivity index (χ0v) is 19.9. The highest BCUT2D eigenvalue weighted by atomic mass is 16.5.